The van der Waals surface area contributed by atoms with E-state index in [1.54, 1.807) is 6.20 Å². The Kier molecular flexibility index (Phi) is 4.63. The van der Waals surface area contributed by atoms with Crippen LogP contribution in [0.1, 0.15) is 31.3 Å². The quantitative estimate of drug-likeness (QED) is 0.721. The van der Waals surface area contributed by atoms with Crippen LogP contribution in [0.3, 0.4) is 0 Å². The first-order chi connectivity index (χ1) is 9.94. The summed E-state index contributed by atoms with van der Waals surface area (Å²) in [6.07, 6.45) is 2.49. The molecule has 0 aliphatic carbocycles. The number of aromatic nitrogens is 5. The van der Waals surface area contributed by atoms with E-state index in [9.17, 15) is 4.79 Å². The molecule has 2 aromatic heterocycles. The van der Waals surface area contributed by atoms with Crippen molar-refractivity contribution in [3.8, 4) is 0 Å². The molecule has 0 bridgehead atoms. The van der Waals surface area contributed by atoms with Crippen molar-refractivity contribution < 1.29 is 14.4 Å². The molecule has 0 amide bonds. The van der Waals surface area contributed by atoms with Crippen molar-refractivity contribution in [3.05, 3.63) is 23.6 Å². The summed E-state index contributed by atoms with van der Waals surface area (Å²) in [5.41, 5.74) is 5.95. The normalized spacial score (nSPS) is 12.8. The van der Waals surface area contributed by atoms with Gasteiger partial charge >= 0.3 is 5.97 Å². The lowest BCUT2D eigenvalue weighted by Crippen LogP contribution is -2.32. The molecule has 1 unspecified atom stereocenters. The largest absolute Gasteiger partial charge is 0.480 e. The first-order valence-electron chi connectivity index (χ1n) is 6.63. The van der Waals surface area contributed by atoms with Gasteiger partial charge in [-0.2, -0.15) is 4.98 Å². The molecule has 0 radical (unpaired) electrons. The highest BCUT2D eigenvalue weighted by molar-refractivity contribution is 5.73. The van der Waals surface area contributed by atoms with Gasteiger partial charge in [0, 0.05) is 19.0 Å². The topological polar surface area (TPSA) is 133 Å². The van der Waals surface area contributed by atoms with E-state index in [0.717, 1.165) is 6.42 Å². The zero-order chi connectivity index (χ0) is 15.4. The van der Waals surface area contributed by atoms with Crippen molar-refractivity contribution in [2.75, 3.05) is 0 Å². The Morgan fingerprint density at radius 1 is 1.48 bits per heavy atom. The SMILES string of the molecule is CC(C)Cc1noc(Cn2cc(CC(N)C(=O)O)nn2)n1. The second kappa shape index (κ2) is 6.44. The Balaban J connectivity index is 1.96. The average molecular weight is 294 g/mol. The van der Waals surface area contributed by atoms with Crippen LogP contribution in [0.2, 0.25) is 0 Å². The monoisotopic (exact) mass is 294 g/mol. The van der Waals surface area contributed by atoms with Crippen LogP contribution in [0.25, 0.3) is 0 Å². The number of carboxylic acid groups (broad SMARTS) is 1. The number of aliphatic carboxylic acids is 1. The van der Waals surface area contributed by atoms with E-state index in [2.05, 4.69) is 34.3 Å². The molecule has 21 heavy (non-hydrogen) atoms. The Labute approximate surface area is 121 Å². The van der Waals surface area contributed by atoms with E-state index >= 15 is 0 Å². The first kappa shape index (κ1) is 15.1. The highest BCUT2D eigenvalue weighted by atomic mass is 16.5. The Bertz CT molecular complexity index is 606. The van der Waals surface area contributed by atoms with Gasteiger partial charge in [0.25, 0.3) is 0 Å². The van der Waals surface area contributed by atoms with Gasteiger partial charge in [-0.25, -0.2) is 4.68 Å². The Morgan fingerprint density at radius 2 is 2.24 bits per heavy atom. The van der Waals surface area contributed by atoms with E-state index in [1.807, 2.05) is 0 Å². The predicted molar refractivity (Wildman–Crippen MR) is 71.3 cm³/mol. The van der Waals surface area contributed by atoms with E-state index in [4.69, 9.17) is 15.4 Å². The number of nitrogens with two attached hydrogens (primary N) is 1. The third kappa shape index (κ3) is 4.35. The summed E-state index contributed by atoms with van der Waals surface area (Å²) in [5, 5.41) is 20.4. The number of nitrogens with zero attached hydrogens (tertiary/aromatic N) is 5. The van der Waals surface area contributed by atoms with E-state index in [0.29, 0.717) is 29.9 Å². The Morgan fingerprint density at radius 3 is 2.90 bits per heavy atom. The number of carbonyl (C=O) groups is 1. The maximum atomic E-state index is 10.7. The molecule has 9 heteroatoms. The summed E-state index contributed by atoms with van der Waals surface area (Å²) in [5.74, 6) is 0.476. The summed E-state index contributed by atoms with van der Waals surface area (Å²) in [4.78, 5) is 14.9. The van der Waals surface area contributed by atoms with E-state index < -0.39 is 12.0 Å². The summed E-state index contributed by atoms with van der Waals surface area (Å²) in [7, 11) is 0. The average Bonchev–Trinajstić information content (AvgIpc) is 2.99. The van der Waals surface area contributed by atoms with Gasteiger partial charge in [-0.05, 0) is 5.92 Å². The van der Waals surface area contributed by atoms with Gasteiger partial charge in [0.05, 0.1) is 5.69 Å². The van der Waals surface area contributed by atoms with Crippen LogP contribution >= 0.6 is 0 Å². The van der Waals surface area contributed by atoms with E-state index in [1.165, 1.54) is 4.68 Å². The fourth-order valence-electron chi connectivity index (χ4n) is 1.76. The second-order valence-electron chi connectivity index (χ2n) is 5.26. The maximum absolute atomic E-state index is 10.7. The predicted octanol–water partition coefficient (Wildman–Crippen LogP) is -0.138. The van der Waals surface area contributed by atoms with Gasteiger partial charge in [0.1, 0.15) is 12.6 Å². The van der Waals surface area contributed by atoms with Crippen molar-refractivity contribution in [2.24, 2.45) is 11.7 Å². The summed E-state index contributed by atoms with van der Waals surface area (Å²) >= 11 is 0. The number of hydrogen-bond acceptors (Lipinski definition) is 7. The van der Waals surface area contributed by atoms with Crippen LogP contribution in [-0.2, 0) is 24.2 Å². The van der Waals surface area contributed by atoms with Crippen molar-refractivity contribution in [1.82, 2.24) is 25.1 Å². The fraction of sp³-hybridized carbons (Fsp3) is 0.583. The zero-order valence-electron chi connectivity index (χ0n) is 11.9. The van der Waals surface area contributed by atoms with Crippen LogP contribution in [-0.4, -0.2) is 42.3 Å². The van der Waals surface area contributed by atoms with Crippen LogP contribution in [0.15, 0.2) is 10.7 Å². The molecule has 2 rings (SSSR count). The second-order valence-corrected chi connectivity index (χ2v) is 5.26. The molecule has 0 saturated heterocycles. The van der Waals surface area contributed by atoms with Gasteiger partial charge < -0.3 is 15.4 Å². The van der Waals surface area contributed by atoms with Crippen molar-refractivity contribution in [3.63, 3.8) is 0 Å². The minimum Gasteiger partial charge on any atom is -0.480 e. The molecule has 0 aliphatic rings. The maximum Gasteiger partial charge on any atom is 0.320 e. The van der Waals surface area contributed by atoms with Crippen LogP contribution in [0, 0.1) is 5.92 Å². The van der Waals surface area contributed by atoms with Crippen LogP contribution in [0.5, 0.6) is 0 Å². The lowest BCUT2D eigenvalue weighted by Gasteiger charge is -2.01. The van der Waals surface area contributed by atoms with E-state index in [-0.39, 0.29) is 6.42 Å². The third-order valence-electron chi connectivity index (χ3n) is 2.73. The number of rotatable bonds is 7. The van der Waals surface area contributed by atoms with Gasteiger partial charge in [-0.3, -0.25) is 4.79 Å². The smallest absolute Gasteiger partial charge is 0.320 e. The minimum atomic E-state index is -1.07. The van der Waals surface area contributed by atoms with Gasteiger partial charge in [-0.15, -0.1) is 5.10 Å². The molecule has 9 nitrogen and oxygen atoms in total. The molecule has 2 aromatic rings. The summed E-state index contributed by atoms with van der Waals surface area (Å²) in [6, 6.07) is -0.990. The molecule has 0 aliphatic heterocycles. The van der Waals surface area contributed by atoms with Crippen molar-refractivity contribution >= 4 is 5.97 Å². The van der Waals surface area contributed by atoms with Crippen LogP contribution in [0.4, 0.5) is 0 Å². The molecular weight excluding hydrogens is 276 g/mol. The highest BCUT2D eigenvalue weighted by Gasteiger charge is 2.15. The molecule has 0 saturated carbocycles. The summed E-state index contributed by atoms with van der Waals surface area (Å²) < 4.78 is 6.64. The molecule has 114 valence electrons. The Hall–Kier alpha value is -2.29. The molecule has 0 aromatic carbocycles. The van der Waals surface area contributed by atoms with Crippen molar-refractivity contribution in [2.45, 2.75) is 39.3 Å². The zero-order valence-corrected chi connectivity index (χ0v) is 11.9. The van der Waals surface area contributed by atoms with Crippen LogP contribution < -0.4 is 5.73 Å². The van der Waals surface area contributed by atoms with Gasteiger partial charge in [-0.1, -0.05) is 24.2 Å². The number of hydrogen-bond donors (Lipinski definition) is 2. The molecule has 0 fully saturated rings. The fourth-order valence-corrected chi connectivity index (χ4v) is 1.76. The highest BCUT2D eigenvalue weighted by Crippen LogP contribution is 2.06. The minimum absolute atomic E-state index is 0.123. The molecule has 1 atom stereocenters. The standard InChI is InChI=1S/C12H18N6O3/c1-7(2)3-10-14-11(21-16-10)6-18-5-8(15-17-18)4-9(13)12(19)20/h5,7,9H,3-4,6,13H2,1-2H3,(H,19,20). The molecule has 3 N–H and O–H groups in total. The third-order valence-corrected chi connectivity index (χ3v) is 2.73. The lowest BCUT2D eigenvalue weighted by molar-refractivity contribution is -0.138. The molecular formula is C12H18N6O3. The van der Waals surface area contributed by atoms with Crippen molar-refractivity contribution in [1.29, 1.82) is 0 Å². The first-order valence-corrected chi connectivity index (χ1v) is 6.63. The van der Waals surface area contributed by atoms with Gasteiger partial charge in [0.15, 0.2) is 5.82 Å². The summed E-state index contributed by atoms with van der Waals surface area (Å²) in [6.45, 7) is 4.44. The van der Waals surface area contributed by atoms with Gasteiger partial charge in [0.2, 0.25) is 5.89 Å². The molecule has 0 spiro atoms. The molecule has 2 heterocycles. The lowest BCUT2D eigenvalue weighted by atomic mass is 10.1. The number of carboxylic acids is 1.